The van der Waals surface area contributed by atoms with Gasteiger partial charge in [-0.3, -0.25) is 9.69 Å². The van der Waals surface area contributed by atoms with Crippen molar-refractivity contribution < 1.29 is 13.9 Å². The Labute approximate surface area is 179 Å². The summed E-state index contributed by atoms with van der Waals surface area (Å²) in [5, 5.41) is 8.82. The third-order valence-corrected chi connectivity index (χ3v) is 5.79. The molecule has 1 aliphatic heterocycles. The fraction of sp³-hybridized carbons (Fsp3) is 0.200. The molecule has 9 heteroatoms. The number of benzene rings is 2. The minimum atomic E-state index is -0.815. The van der Waals surface area contributed by atoms with Gasteiger partial charge < -0.3 is 4.74 Å². The topological polar surface area (TPSA) is 68.2 Å². The Morgan fingerprint density at radius 2 is 2.07 bits per heavy atom. The predicted octanol–water partition coefficient (Wildman–Crippen LogP) is 5.00. The van der Waals surface area contributed by atoms with E-state index in [9.17, 15) is 9.18 Å². The zero-order valence-electron chi connectivity index (χ0n) is 15.6. The number of aromatic nitrogens is 3. The molecule has 1 aromatic heterocycles. The number of hydrogen-bond acceptors (Lipinski definition) is 6. The molecule has 29 heavy (non-hydrogen) atoms. The monoisotopic (exact) mass is 474 g/mol. The first-order chi connectivity index (χ1) is 14.0. The van der Waals surface area contributed by atoms with Crippen LogP contribution in [0, 0.1) is 5.82 Å². The van der Waals surface area contributed by atoms with E-state index in [1.165, 1.54) is 35.7 Å². The van der Waals surface area contributed by atoms with E-state index in [0.717, 1.165) is 15.8 Å². The van der Waals surface area contributed by atoms with Crippen LogP contribution in [-0.2, 0) is 4.79 Å². The minimum Gasteiger partial charge on any atom is -0.447 e. The number of nitrogens with zero attached hydrogens (tertiary/aromatic N) is 4. The SMILES string of the molecule is CCSc1nnc2c(n1)O[C@H](c1ccccc1Br)N(C(C)=O)c1ccc(F)cc1-2. The number of carbonyl (C=O) groups is 1. The highest BCUT2D eigenvalue weighted by molar-refractivity contribution is 9.10. The van der Waals surface area contributed by atoms with Gasteiger partial charge in [0, 0.05) is 22.5 Å². The van der Waals surface area contributed by atoms with Crippen LogP contribution >= 0.6 is 27.7 Å². The van der Waals surface area contributed by atoms with Crippen LogP contribution in [-0.4, -0.2) is 26.8 Å². The third-order valence-electron chi connectivity index (χ3n) is 4.35. The molecule has 0 aliphatic carbocycles. The molecule has 0 N–H and O–H groups in total. The third kappa shape index (κ3) is 3.72. The van der Waals surface area contributed by atoms with Crippen molar-refractivity contribution in [1.29, 1.82) is 0 Å². The van der Waals surface area contributed by atoms with E-state index < -0.39 is 12.0 Å². The zero-order chi connectivity index (χ0) is 20.5. The number of thioether (sulfide) groups is 1. The normalized spacial score (nSPS) is 15.2. The number of anilines is 1. The summed E-state index contributed by atoms with van der Waals surface area (Å²) >= 11 is 4.95. The first-order valence-corrected chi connectivity index (χ1v) is 10.7. The molecule has 0 spiro atoms. The van der Waals surface area contributed by atoms with E-state index in [4.69, 9.17) is 4.74 Å². The fourth-order valence-corrected chi connectivity index (χ4v) is 4.13. The van der Waals surface area contributed by atoms with Crippen LogP contribution in [0.4, 0.5) is 10.1 Å². The van der Waals surface area contributed by atoms with Crippen LogP contribution in [0.5, 0.6) is 5.88 Å². The highest BCUT2D eigenvalue weighted by Gasteiger charge is 2.35. The maximum absolute atomic E-state index is 14.1. The number of hydrogen-bond donors (Lipinski definition) is 0. The van der Waals surface area contributed by atoms with Crippen molar-refractivity contribution in [1.82, 2.24) is 15.2 Å². The van der Waals surface area contributed by atoms with Crippen LogP contribution in [0.2, 0.25) is 0 Å². The summed E-state index contributed by atoms with van der Waals surface area (Å²) in [5.74, 6) is 0.250. The summed E-state index contributed by atoms with van der Waals surface area (Å²) in [7, 11) is 0. The Hall–Kier alpha value is -2.52. The molecular weight excluding hydrogens is 459 g/mol. The second kappa shape index (κ2) is 8.08. The highest BCUT2D eigenvalue weighted by Crippen LogP contribution is 2.44. The summed E-state index contributed by atoms with van der Waals surface area (Å²) in [5.41, 5.74) is 1.90. The molecule has 4 rings (SSSR count). The van der Waals surface area contributed by atoms with E-state index >= 15 is 0 Å². The fourth-order valence-electron chi connectivity index (χ4n) is 3.14. The van der Waals surface area contributed by atoms with Gasteiger partial charge in [0.15, 0.2) is 5.69 Å². The van der Waals surface area contributed by atoms with Gasteiger partial charge in [-0.25, -0.2) is 4.39 Å². The zero-order valence-corrected chi connectivity index (χ0v) is 18.0. The number of fused-ring (bicyclic) bond motifs is 3. The van der Waals surface area contributed by atoms with Crippen molar-refractivity contribution in [3.05, 3.63) is 58.3 Å². The van der Waals surface area contributed by atoms with Crippen LogP contribution in [0.25, 0.3) is 11.3 Å². The molecule has 148 valence electrons. The van der Waals surface area contributed by atoms with Gasteiger partial charge in [0.1, 0.15) is 5.82 Å². The molecule has 0 radical (unpaired) electrons. The van der Waals surface area contributed by atoms with Gasteiger partial charge in [0.25, 0.3) is 0 Å². The van der Waals surface area contributed by atoms with Crippen LogP contribution < -0.4 is 9.64 Å². The summed E-state index contributed by atoms with van der Waals surface area (Å²) in [4.78, 5) is 18.7. The van der Waals surface area contributed by atoms with Gasteiger partial charge in [0.05, 0.1) is 5.69 Å². The summed E-state index contributed by atoms with van der Waals surface area (Å²) in [6, 6.07) is 11.6. The van der Waals surface area contributed by atoms with Crippen molar-refractivity contribution in [2.45, 2.75) is 25.2 Å². The number of rotatable bonds is 3. The molecular formula is C20H16BrFN4O2S. The van der Waals surface area contributed by atoms with Gasteiger partial charge in [-0.1, -0.05) is 52.8 Å². The van der Waals surface area contributed by atoms with E-state index in [1.54, 1.807) is 6.07 Å². The first kappa shape index (κ1) is 19.8. The average molecular weight is 475 g/mol. The molecule has 1 aliphatic rings. The molecule has 0 unspecified atom stereocenters. The van der Waals surface area contributed by atoms with Crippen molar-refractivity contribution in [3.8, 4) is 17.1 Å². The molecule has 2 heterocycles. The van der Waals surface area contributed by atoms with E-state index in [1.807, 2.05) is 31.2 Å². The largest absolute Gasteiger partial charge is 0.447 e. The standard InChI is InChI=1S/C20H16BrFN4O2S/c1-3-29-20-23-18-17(24-25-20)14-10-12(22)8-9-16(14)26(11(2)27)19(28-18)13-6-4-5-7-15(13)21/h4-10,19H,3H2,1-2H3/t19-/m1/s1. The maximum Gasteiger partial charge on any atom is 0.247 e. The Morgan fingerprint density at radius 1 is 1.28 bits per heavy atom. The van der Waals surface area contributed by atoms with Gasteiger partial charge in [-0.15, -0.1) is 10.2 Å². The molecule has 0 saturated carbocycles. The number of carbonyl (C=O) groups excluding carboxylic acids is 1. The number of halogens is 2. The van der Waals surface area contributed by atoms with Gasteiger partial charge >= 0.3 is 0 Å². The molecule has 1 amide bonds. The molecule has 2 aromatic carbocycles. The second-order valence-electron chi connectivity index (χ2n) is 6.22. The van der Waals surface area contributed by atoms with E-state index in [2.05, 4.69) is 31.1 Å². The van der Waals surface area contributed by atoms with Crippen molar-refractivity contribution in [3.63, 3.8) is 0 Å². The van der Waals surface area contributed by atoms with Gasteiger partial charge in [-0.2, -0.15) is 4.98 Å². The lowest BCUT2D eigenvalue weighted by Crippen LogP contribution is -2.36. The van der Waals surface area contributed by atoms with E-state index in [0.29, 0.717) is 22.1 Å². The Kier molecular flexibility index (Phi) is 5.51. The number of amides is 1. The lowest BCUT2D eigenvalue weighted by Gasteiger charge is -2.30. The molecule has 3 aromatic rings. The molecule has 0 saturated heterocycles. The first-order valence-electron chi connectivity index (χ1n) is 8.88. The Balaban J connectivity index is 1.99. The highest BCUT2D eigenvalue weighted by atomic mass is 79.9. The summed E-state index contributed by atoms with van der Waals surface area (Å²) in [6.45, 7) is 3.42. The van der Waals surface area contributed by atoms with Crippen LogP contribution in [0.1, 0.15) is 25.6 Å². The van der Waals surface area contributed by atoms with Gasteiger partial charge in [0.2, 0.25) is 23.2 Å². The molecule has 6 nitrogen and oxygen atoms in total. The maximum atomic E-state index is 14.1. The van der Waals surface area contributed by atoms with E-state index in [-0.39, 0.29) is 11.8 Å². The lowest BCUT2D eigenvalue weighted by molar-refractivity contribution is -0.118. The summed E-state index contributed by atoms with van der Waals surface area (Å²) in [6.07, 6.45) is -0.815. The van der Waals surface area contributed by atoms with Gasteiger partial charge in [-0.05, 0) is 30.0 Å². The smallest absolute Gasteiger partial charge is 0.247 e. The number of ether oxygens (including phenoxy) is 1. The quantitative estimate of drug-likeness (QED) is 0.497. The van der Waals surface area contributed by atoms with Crippen LogP contribution in [0.15, 0.2) is 52.1 Å². The minimum absolute atomic E-state index is 0.201. The van der Waals surface area contributed by atoms with Crippen LogP contribution in [0.3, 0.4) is 0 Å². The Bertz CT molecular complexity index is 1100. The predicted molar refractivity (Wildman–Crippen MR) is 112 cm³/mol. The van der Waals surface area contributed by atoms with Crippen molar-refractivity contribution in [2.24, 2.45) is 0 Å². The molecule has 0 fully saturated rings. The molecule has 1 atom stereocenters. The average Bonchev–Trinajstić information content (AvgIpc) is 2.82. The Morgan fingerprint density at radius 3 is 2.79 bits per heavy atom. The summed E-state index contributed by atoms with van der Waals surface area (Å²) < 4.78 is 21.1. The second-order valence-corrected chi connectivity index (χ2v) is 8.31. The van der Waals surface area contributed by atoms with Crippen molar-refractivity contribution in [2.75, 3.05) is 10.7 Å². The van der Waals surface area contributed by atoms with Crippen molar-refractivity contribution >= 4 is 39.3 Å². The molecule has 0 bridgehead atoms. The lowest BCUT2D eigenvalue weighted by atomic mass is 10.1.